The second-order valence-corrected chi connectivity index (χ2v) is 18.0. The molecule has 5 heterocycles. The predicted molar refractivity (Wildman–Crippen MR) is 231 cm³/mol. The number of nitrogens with one attached hydrogen (secondary N) is 3. The molecule has 0 aliphatic carbocycles. The zero-order valence-electron chi connectivity index (χ0n) is 35.1. The fourth-order valence-electron chi connectivity index (χ4n) is 8.57. The molecule has 2 aromatic heterocycles. The predicted octanol–water partition coefficient (Wildman–Crippen LogP) is 8.05. The number of carbonyl (C=O) groups is 4. The first-order valence-corrected chi connectivity index (χ1v) is 21.3. The van der Waals surface area contributed by atoms with E-state index in [0.29, 0.717) is 31.3 Å². The molecule has 0 spiro atoms. The van der Waals surface area contributed by atoms with Gasteiger partial charge in [-0.3, -0.25) is 14.6 Å². The minimum absolute atomic E-state index is 0.0910. The molecule has 0 saturated carbocycles. The lowest BCUT2D eigenvalue weighted by molar-refractivity contribution is -0.136. The maximum atomic E-state index is 13.7. The summed E-state index contributed by atoms with van der Waals surface area (Å²) >= 11 is 1.62. The van der Waals surface area contributed by atoms with Crippen molar-refractivity contribution >= 4 is 57.0 Å². The van der Waals surface area contributed by atoms with Crippen LogP contribution in [0.2, 0.25) is 0 Å². The van der Waals surface area contributed by atoms with Gasteiger partial charge in [-0.2, -0.15) is 0 Å². The van der Waals surface area contributed by atoms with E-state index in [-0.39, 0.29) is 35.7 Å². The fraction of sp³-hybridized carbons (Fsp3) is 0.467. The number of allylic oxidation sites excluding steroid dienone is 1. The van der Waals surface area contributed by atoms with Crippen molar-refractivity contribution in [2.24, 2.45) is 28.7 Å². The van der Waals surface area contributed by atoms with Crippen LogP contribution < -0.4 is 10.6 Å². The average molecular weight is 822 g/mol. The smallest absolute Gasteiger partial charge is 0.407 e. The highest BCUT2D eigenvalue weighted by Crippen LogP contribution is 2.39. The van der Waals surface area contributed by atoms with Crippen LogP contribution in [0.25, 0.3) is 37.5 Å². The monoisotopic (exact) mass is 821 g/mol. The van der Waals surface area contributed by atoms with E-state index in [9.17, 15) is 19.2 Å². The Kier molecular flexibility index (Phi) is 12.3. The van der Waals surface area contributed by atoms with Crippen LogP contribution in [-0.2, 0) is 19.1 Å². The standard InChI is InChI=1S/C45H55N7O6S/c1-24(2)38(48-44(55)57-7)42(53)51-22-26(5)17-35(51)33-19-32(21-46-33)30-11-9-28(10-12-30)29-13-15-31(16-14-29)37-20-34-41(59-37)50-40(47-34)36-18-27(6)23-52(36)43(54)39(25(3)4)49-45(56)58-8/h9-16,20-21,24-27,35-36,38-39H,17-19,22-23H2,1-8H3,(H,47,50)(H,48,55)(H,49,56)/t26-,27-,35-,36-,38-,39-/m0/s1. The van der Waals surface area contributed by atoms with Crippen molar-refractivity contribution in [2.45, 2.75) is 85.0 Å². The highest BCUT2D eigenvalue weighted by molar-refractivity contribution is 7.21. The Morgan fingerprint density at radius 2 is 1.24 bits per heavy atom. The molecule has 7 rings (SSSR count). The zero-order chi connectivity index (χ0) is 42.1. The minimum atomic E-state index is -0.688. The molecule has 0 bridgehead atoms. The van der Waals surface area contributed by atoms with E-state index in [4.69, 9.17) is 19.5 Å². The first-order chi connectivity index (χ1) is 28.2. The number of ether oxygens (including phenoxy) is 2. The van der Waals surface area contributed by atoms with Crippen LogP contribution in [0.3, 0.4) is 0 Å². The van der Waals surface area contributed by atoms with Crippen molar-refractivity contribution in [3.63, 3.8) is 0 Å². The first kappa shape index (κ1) is 41.7. The summed E-state index contributed by atoms with van der Waals surface area (Å²) in [6.07, 6.45) is 2.99. The van der Waals surface area contributed by atoms with Gasteiger partial charge in [0, 0.05) is 36.3 Å². The van der Waals surface area contributed by atoms with Crippen molar-refractivity contribution < 1.29 is 28.7 Å². The maximum Gasteiger partial charge on any atom is 0.407 e. The number of imidazole rings is 1. The largest absolute Gasteiger partial charge is 0.453 e. The number of nitrogens with zero attached hydrogens (tertiary/aromatic N) is 4. The van der Waals surface area contributed by atoms with Gasteiger partial charge >= 0.3 is 12.2 Å². The second kappa shape index (κ2) is 17.4. The quantitative estimate of drug-likeness (QED) is 0.138. The van der Waals surface area contributed by atoms with Crippen LogP contribution in [0.15, 0.2) is 65.8 Å². The number of fused-ring (bicyclic) bond motifs is 1. The molecule has 13 nitrogen and oxygen atoms in total. The molecule has 4 aromatic rings. The molecule has 2 fully saturated rings. The second-order valence-electron chi connectivity index (χ2n) is 17.0. The van der Waals surface area contributed by atoms with Crippen molar-refractivity contribution in [1.82, 2.24) is 30.4 Å². The van der Waals surface area contributed by atoms with Gasteiger partial charge in [-0.25, -0.2) is 14.6 Å². The van der Waals surface area contributed by atoms with Crippen molar-refractivity contribution in [2.75, 3.05) is 27.3 Å². The molecule has 6 atom stereocenters. The third-order valence-electron chi connectivity index (χ3n) is 11.8. The number of carbonyl (C=O) groups excluding carboxylic acids is 4. The SMILES string of the molecule is COC(=O)N[C@H](C(=O)N1C[C@@H](C)C[C@H]1C1=NC=C(c2ccc(-c3ccc(-c4cc5[nH]c([C@@H]6C[C@H](C)CN6C(=O)[C@@H](NC(=O)OC)C(C)C)nc5s4)cc3)cc2)C1)C(C)C. The van der Waals surface area contributed by atoms with E-state index in [1.54, 1.807) is 11.3 Å². The Morgan fingerprint density at radius 3 is 1.75 bits per heavy atom. The van der Waals surface area contributed by atoms with E-state index in [1.807, 2.05) is 43.7 Å². The zero-order valence-corrected chi connectivity index (χ0v) is 35.9. The summed E-state index contributed by atoms with van der Waals surface area (Å²) in [6.45, 7) is 13.2. The summed E-state index contributed by atoms with van der Waals surface area (Å²) in [6, 6.07) is 17.5. The number of amides is 4. The summed E-state index contributed by atoms with van der Waals surface area (Å²) in [5.74, 6) is 0.961. The minimum Gasteiger partial charge on any atom is -0.453 e. The number of aromatic amines is 1. The molecule has 2 aromatic carbocycles. The summed E-state index contributed by atoms with van der Waals surface area (Å²) in [7, 11) is 2.60. The lowest BCUT2D eigenvalue weighted by Crippen LogP contribution is -2.53. The number of hydrogen-bond acceptors (Lipinski definition) is 9. The van der Waals surface area contributed by atoms with Crippen LogP contribution >= 0.6 is 11.3 Å². The molecule has 59 heavy (non-hydrogen) atoms. The third kappa shape index (κ3) is 8.78. The third-order valence-corrected chi connectivity index (χ3v) is 12.9. The summed E-state index contributed by atoms with van der Waals surface area (Å²) in [4.78, 5) is 70.5. The Labute approximate surface area is 349 Å². The fourth-order valence-corrected chi connectivity index (χ4v) is 9.57. The van der Waals surface area contributed by atoms with E-state index in [2.05, 4.69) is 84.1 Å². The summed E-state index contributed by atoms with van der Waals surface area (Å²) in [5.41, 5.74) is 7.43. The Bertz CT molecular complexity index is 2230. The first-order valence-electron chi connectivity index (χ1n) is 20.5. The van der Waals surface area contributed by atoms with Gasteiger partial charge in [0.25, 0.3) is 0 Å². The van der Waals surface area contributed by atoms with Gasteiger partial charge in [0.05, 0.1) is 31.8 Å². The van der Waals surface area contributed by atoms with Gasteiger partial charge in [-0.1, -0.05) is 90.1 Å². The van der Waals surface area contributed by atoms with Crippen LogP contribution in [0.5, 0.6) is 0 Å². The summed E-state index contributed by atoms with van der Waals surface area (Å²) in [5, 5.41) is 5.46. The van der Waals surface area contributed by atoms with E-state index >= 15 is 0 Å². The molecule has 3 N–H and O–H groups in total. The van der Waals surface area contributed by atoms with Crippen molar-refractivity contribution in [3.8, 4) is 21.6 Å². The van der Waals surface area contributed by atoms with Crippen molar-refractivity contribution in [3.05, 3.63) is 72.2 Å². The molecule has 312 valence electrons. The normalized spacial score (nSPS) is 21.5. The Hall–Kier alpha value is -5.50. The number of H-pyrrole nitrogens is 1. The van der Waals surface area contributed by atoms with Gasteiger partial charge in [0.2, 0.25) is 11.8 Å². The molecular formula is C45H55N7O6S. The number of aromatic nitrogens is 2. The maximum absolute atomic E-state index is 13.7. The van der Waals surface area contributed by atoms with E-state index in [1.165, 1.54) is 14.2 Å². The lowest BCUT2D eigenvalue weighted by atomic mass is 9.95. The number of likely N-dealkylation sites (tertiary alicyclic amines) is 2. The number of alkyl carbamates (subject to hydrolysis) is 2. The summed E-state index contributed by atoms with van der Waals surface area (Å²) < 4.78 is 9.58. The molecule has 2 saturated heterocycles. The van der Waals surface area contributed by atoms with Gasteiger partial charge in [-0.05, 0) is 70.4 Å². The van der Waals surface area contributed by atoms with Crippen molar-refractivity contribution in [1.29, 1.82) is 0 Å². The van der Waals surface area contributed by atoms with E-state index in [0.717, 1.165) is 67.4 Å². The van der Waals surface area contributed by atoms with Crippen LogP contribution in [0.4, 0.5) is 9.59 Å². The molecular weight excluding hydrogens is 767 g/mol. The number of methoxy groups -OCH3 is 2. The van der Waals surface area contributed by atoms with Crippen LogP contribution in [-0.4, -0.2) is 94.9 Å². The Balaban J connectivity index is 0.988. The van der Waals surface area contributed by atoms with Gasteiger partial charge in [0.15, 0.2) is 0 Å². The van der Waals surface area contributed by atoms with Crippen LogP contribution in [0.1, 0.15) is 78.2 Å². The van der Waals surface area contributed by atoms with Gasteiger partial charge in [0.1, 0.15) is 22.7 Å². The highest BCUT2D eigenvalue weighted by atomic mass is 32.1. The average Bonchev–Trinajstić information content (AvgIpc) is 4.07. The molecule has 4 amide bonds. The number of thiophene rings is 1. The number of benzene rings is 2. The highest BCUT2D eigenvalue weighted by Gasteiger charge is 2.42. The molecule has 3 aliphatic heterocycles. The molecule has 0 radical (unpaired) electrons. The number of rotatable bonds is 11. The lowest BCUT2D eigenvalue weighted by Gasteiger charge is -2.31. The number of hydrogen-bond donors (Lipinski definition) is 3. The Morgan fingerprint density at radius 1 is 0.746 bits per heavy atom. The van der Waals surface area contributed by atoms with Gasteiger partial charge < -0.3 is 34.9 Å². The molecule has 14 heteroatoms. The molecule has 0 unspecified atom stereocenters. The topological polar surface area (TPSA) is 158 Å². The van der Waals surface area contributed by atoms with E-state index < -0.39 is 24.3 Å². The van der Waals surface area contributed by atoms with Gasteiger partial charge in [-0.15, -0.1) is 11.3 Å². The molecule has 3 aliphatic rings. The number of aliphatic imine (C=N–C) groups is 1. The van der Waals surface area contributed by atoms with Crippen LogP contribution in [0, 0.1) is 23.7 Å².